The molecule has 314 valence electrons. The van der Waals surface area contributed by atoms with Gasteiger partial charge in [0.15, 0.2) is 6.10 Å². The van der Waals surface area contributed by atoms with E-state index in [-0.39, 0.29) is 19.0 Å². The molecule has 0 radical (unpaired) electrons. The third-order valence-corrected chi connectivity index (χ3v) is 10.9. The lowest BCUT2D eigenvalue weighted by atomic mass is 10.0. The number of unbranched alkanes of at least 4 members (excludes halogenated alkanes) is 29. The van der Waals surface area contributed by atoms with Gasteiger partial charge in [-0.3, -0.25) is 18.6 Å². The van der Waals surface area contributed by atoms with E-state index in [0.717, 1.165) is 58.5 Å². The zero-order chi connectivity index (χ0) is 38.9. The Labute approximate surface area is 327 Å². The number of rotatable bonds is 42. The topological polar surface area (TPSA) is 108 Å². The van der Waals surface area contributed by atoms with Crippen molar-refractivity contribution >= 4 is 19.8 Å². The van der Waals surface area contributed by atoms with E-state index in [1.165, 1.54) is 148 Å². The third-order valence-electron chi connectivity index (χ3n) is 10.0. The van der Waals surface area contributed by atoms with Gasteiger partial charge in [-0.05, 0) is 38.5 Å². The number of carbonyl (C=O) groups is 2. The van der Waals surface area contributed by atoms with Crippen molar-refractivity contribution < 1.29 is 37.6 Å². The highest BCUT2D eigenvalue weighted by atomic mass is 31.2. The summed E-state index contributed by atoms with van der Waals surface area (Å²) in [6.45, 7) is 3.89. The number of hydrogen-bond acceptors (Lipinski definition) is 7. The summed E-state index contributed by atoms with van der Waals surface area (Å²) in [6, 6.07) is 0. The molecule has 0 aromatic rings. The first-order valence-electron chi connectivity index (χ1n) is 22.4. The Balaban J connectivity index is 3.89. The Morgan fingerprint density at radius 2 is 0.849 bits per heavy atom. The Hall–Kier alpha value is -1.21. The van der Waals surface area contributed by atoms with Crippen LogP contribution < -0.4 is 0 Å². The molecule has 0 aliphatic heterocycles. The number of ether oxygens (including phenoxy) is 2. The van der Waals surface area contributed by atoms with Crippen molar-refractivity contribution in [3.8, 4) is 0 Å². The first kappa shape index (κ1) is 51.8. The van der Waals surface area contributed by atoms with Crippen molar-refractivity contribution in [1.82, 2.24) is 0 Å². The van der Waals surface area contributed by atoms with Crippen LogP contribution in [-0.4, -0.2) is 43.3 Å². The summed E-state index contributed by atoms with van der Waals surface area (Å²) >= 11 is 0. The number of phosphoric ester groups is 1. The highest BCUT2D eigenvalue weighted by Crippen LogP contribution is 2.42. The number of esters is 2. The third kappa shape index (κ3) is 40.3. The summed E-state index contributed by atoms with van der Waals surface area (Å²) in [6.07, 6.45) is 44.1. The van der Waals surface area contributed by atoms with Gasteiger partial charge >= 0.3 is 19.8 Å². The van der Waals surface area contributed by atoms with Gasteiger partial charge in [-0.1, -0.05) is 193 Å². The van der Waals surface area contributed by atoms with E-state index in [1.54, 1.807) is 0 Å². The minimum atomic E-state index is -4.26. The van der Waals surface area contributed by atoms with Gasteiger partial charge in [-0.15, -0.1) is 0 Å². The van der Waals surface area contributed by atoms with Crippen LogP contribution in [0.3, 0.4) is 0 Å². The normalized spacial score (nSPS) is 13.4. The molecule has 0 amide bonds. The van der Waals surface area contributed by atoms with Crippen LogP contribution in [0.25, 0.3) is 0 Å². The zero-order valence-corrected chi connectivity index (χ0v) is 35.8. The van der Waals surface area contributed by atoms with Crippen molar-refractivity contribution in [3.05, 3.63) is 12.2 Å². The number of carbonyl (C=O) groups excluding carboxylic acids is 2. The van der Waals surface area contributed by atoms with Crippen LogP contribution in [-0.2, 0) is 32.7 Å². The molecule has 0 spiro atoms. The van der Waals surface area contributed by atoms with Gasteiger partial charge in [-0.2, -0.15) is 0 Å². The molecule has 0 saturated heterocycles. The second kappa shape index (κ2) is 40.5. The summed E-state index contributed by atoms with van der Waals surface area (Å²) in [5.41, 5.74) is 0. The van der Waals surface area contributed by atoms with Gasteiger partial charge in [0.05, 0.1) is 6.61 Å². The van der Waals surface area contributed by atoms with E-state index < -0.39 is 26.5 Å². The van der Waals surface area contributed by atoms with Crippen LogP contribution in [0.1, 0.15) is 232 Å². The average molecular weight is 773 g/mol. The molecular formula is C44H85O8P. The maximum absolute atomic E-state index is 12.5. The smallest absolute Gasteiger partial charge is 0.462 e. The molecule has 53 heavy (non-hydrogen) atoms. The minimum Gasteiger partial charge on any atom is -0.462 e. The van der Waals surface area contributed by atoms with Crippen LogP contribution in [0.15, 0.2) is 12.2 Å². The monoisotopic (exact) mass is 773 g/mol. The molecule has 0 aromatic heterocycles. The van der Waals surface area contributed by atoms with Crippen LogP contribution >= 0.6 is 7.82 Å². The molecule has 8 nitrogen and oxygen atoms in total. The molecule has 0 aliphatic rings. The largest absolute Gasteiger partial charge is 0.472 e. The fourth-order valence-corrected chi connectivity index (χ4v) is 7.00. The quantitative estimate of drug-likeness (QED) is 0.0283. The van der Waals surface area contributed by atoms with Crippen LogP contribution in [0.2, 0.25) is 0 Å². The second-order valence-electron chi connectivity index (χ2n) is 15.2. The van der Waals surface area contributed by atoms with E-state index in [0.29, 0.717) is 12.8 Å². The molecule has 0 bridgehead atoms. The molecule has 2 unspecified atom stereocenters. The summed E-state index contributed by atoms with van der Waals surface area (Å²) in [5, 5.41) is 0. The fourth-order valence-electron chi connectivity index (χ4n) is 6.54. The van der Waals surface area contributed by atoms with Gasteiger partial charge in [-0.25, -0.2) is 4.57 Å². The molecule has 0 saturated carbocycles. The maximum atomic E-state index is 12.5. The predicted octanol–water partition coefficient (Wildman–Crippen LogP) is 14.1. The molecule has 0 aliphatic carbocycles. The Kier molecular flexibility index (Phi) is 39.5. The maximum Gasteiger partial charge on any atom is 0.472 e. The summed E-state index contributed by atoms with van der Waals surface area (Å²) in [5.74, 6) is -0.802. The lowest BCUT2D eigenvalue weighted by molar-refractivity contribution is -0.161. The molecular weight excluding hydrogens is 687 g/mol. The van der Waals surface area contributed by atoms with Gasteiger partial charge < -0.3 is 14.4 Å². The SMILES string of the molecule is CCCCCC/C=C\CCCCCCCC(=O)OC(COC(=O)CCCCCCCCCCCCCCCCCCCCCCC)COP(=O)(O)OC. The molecule has 2 atom stereocenters. The first-order valence-corrected chi connectivity index (χ1v) is 23.9. The molecule has 9 heteroatoms. The lowest BCUT2D eigenvalue weighted by Gasteiger charge is -2.19. The number of hydrogen-bond donors (Lipinski definition) is 1. The van der Waals surface area contributed by atoms with E-state index in [1.807, 2.05) is 0 Å². The summed E-state index contributed by atoms with van der Waals surface area (Å²) < 4.78 is 32.0. The van der Waals surface area contributed by atoms with E-state index >= 15 is 0 Å². The van der Waals surface area contributed by atoms with Crippen LogP contribution in [0, 0.1) is 0 Å². The minimum absolute atomic E-state index is 0.223. The predicted molar refractivity (Wildman–Crippen MR) is 221 cm³/mol. The molecule has 0 fully saturated rings. The molecule has 0 aromatic carbocycles. The second-order valence-corrected chi connectivity index (χ2v) is 16.8. The average Bonchev–Trinajstić information content (AvgIpc) is 3.15. The van der Waals surface area contributed by atoms with Crippen molar-refractivity contribution in [2.45, 2.75) is 238 Å². The van der Waals surface area contributed by atoms with E-state index in [2.05, 4.69) is 30.5 Å². The van der Waals surface area contributed by atoms with E-state index in [4.69, 9.17) is 14.0 Å². The van der Waals surface area contributed by atoms with E-state index in [9.17, 15) is 19.0 Å². The summed E-state index contributed by atoms with van der Waals surface area (Å²) in [4.78, 5) is 34.5. The van der Waals surface area contributed by atoms with Gasteiger partial charge in [0.2, 0.25) is 0 Å². The van der Waals surface area contributed by atoms with Crippen LogP contribution in [0.5, 0.6) is 0 Å². The Morgan fingerprint density at radius 3 is 1.25 bits per heavy atom. The molecule has 0 heterocycles. The van der Waals surface area contributed by atoms with Gasteiger partial charge in [0, 0.05) is 20.0 Å². The van der Waals surface area contributed by atoms with Gasteiger partial charge in [0.1, 0.15) is 6.61 Å². The molecule has 1 N–H and O–H groups in total. The van der Waals surface area contributed by atoms with Crippen molar-refractivity contribution in [1.29, 1.82) is 0 Å². The van der Waals surface area contributed by atoms with Crippen molar-refractivity contribution in [2.75, 3.05) is 20.3 Å². The Morgan fingerprint density at radius 1 is 0.509 bits per heavy atom. The highest BCUT2D eigenvalue weighted by molar-refractivity contribution is 7.47. The number of phosphoric acid groups is 1. The van der Waals surface area contributed by atoms with Crippen LogP contribution in [0.4, 0.5) is 0 Å². The fraction of sp³-hybridized carbons (Fsp3) is 0.909. The zero-order valence-electron chi connectivity index (χ0n) is 34.9. The highest BCUT2D eigenvalue weighted by Gasteiger charge is 2.24. The first-order chi connectivity index (χ1) is 25.8. The lowest BCUT2D eigenvalue weighted by Crippen LogP contribution is -2.29. The Bertz CT molecular complexity index is 879. The molecule has 0 rings (SSSR count). The van der Waals surface area contributed by atoms with Gasteiger partial charge in [0.25, 0.3) is 0 Å². The standard InChI is InChI=1S/C44H85O8P/c1-4-6-8-10-12-14-16-18-19-20-21-22-23-24-25-27-28-30-32-34-36-38-43(45)50-40-42(41-51-53(47,48)49-3)52-44(46)39-37-35-33-31-29-26-17-15-13-11-9-7-5-2/h15,17,42H,4-14,16,18-41H2,1-3H3,(H,47,48)/b17-15-. The summed E-state index contributed by atoms with van der Waals surface area (Å²) in [7, 11) is -3.19. The van der Waals surface area contributed by atoms with Crippen molar-refractivity contribution in [3.63, 3.8) is 0 Å². The number of allylic oxidation sites excluding steroid dienone is 2. The van der Waals surface area contributed by atoms with Crippen molar-refractivity contribution in [2.24, 2.45) is 0 Å².